The third-order valence-corrected chi connectivity index (χ3v) is 2.70. The smallest absolute Gasteiger partial charge is 0.242 e. The van der Waals surface area contributed by atoms with Crippen LogP contribution < -0.4 is 11.1 Å². The van der Waals surface area contributed by atoms with Gasteiger partial charge in [0.05, 0.1) is 0 Å². The number of nitrogens with one attached hydrogen (secondary N) is 1. The van der Waals surface area contributed by atoms with Crippen LogP contribution >= 0.6 is 11.6 Å². The predicted molar refractivity (Wildman–Crippen MR) is 61.7 cm³/mol. The summed E-state index contributed by atoms with van der Waals surface area (Å²) in [6.07, 6.45) is 0. The number of benzene rings is 1. The van der Waals surface area contributed by atoms with Gasteiger partial charge in [-0.2, -0.15) is 0 Å². The molecule has 0 aliphatic carbocycles. The maximum Gasteiger partial charge on any atom is 0.242 e. The largest absolute Gasteiger partial charge is 0.368 e. The lowest BCUT2D eigenvalue weighted by Gasteiger charge is -2.27. The van der Waals surface area contributed by atoms with Crippen LogP contribution in [0.1, 0.15) is 19.4 Å². The summed E-state index contributed by atoms with van der Waals surface area (Å²) in [6.45, 7) is 4.36. The molecule has 1 rings (SSSR count). The van der Waals surface area contributed by atoms with E-state index in [2.05, 4.69) is 5.32 Å². The van der Waals surface area contributed by atoms with E-state index in [-0.39, 0.29) is 0 Å². The van der Waals surface area contributed by atoms with Gasteiger partial charge < -0.3 is 11.1 Å². The monoisotopic (exact) mass is 226 g/mol. The number of nitrogens with two attached hydrogens (primary N) is 1. The van der Waals surface area contributed by atoms with Gasteiger partial charge in [0.25, 0.3) is 0 Å². The molecule has 1 amide bonds. The Morgan fingerprint density at radius 1 is 1.47 bits per heavy atom. The molecule has 0 fully saturated rings. The Labute approximate surface area is 94.6 Å². The molecule has 0 saturated heterocycles. The van der Waals surface area contributed by atoms with Crippen molar-refractivity contribution < 1.29 is 4.79 Å². The standard InChI is InChI=1S/C11H15ClN2O/c1-3-14-11(2,10(13)15)8-4-6-9(12)7-5-8/h4-7,14H,3H2,1-2H3,(H2,13,15). The Morgan fingerprint density at radius 2 is 2.00 bits per heavy atom. The number of carbonyl (C=O) groups is 1. The normalized spacial score (nSPS) is 14.6. The van der Waals surface area contributed by atoms with Crippen molar-refractivity contribution in [2.75, 3.05) is 6.54 Å². The minimum atomic E-state index is -0.834. The first-order valence-electron chi connectivity index (χ1n) is 4.81. The van der Waals surface area contributed by atoms with E-state index in [1.54, 1.807) is 31.2 Å². The van der Waals surface area contributed by atoms with Crippen molar-refractivity contribution in [3.63, 3.8) is 0 Å². The molecule has 82 valence electrons. The lowest BCUT2D eigenvalue weighted by molar-refractivity contribution is -0.124. The van der Waals surface area contributed by atoms with Gasteiger partial charge >= 0.3 is 0 Å². The summed E-state index contributed by atoms with van der Waals surface area (Å²) < 4.78 is 0. The number of hydrogen-bond acceptors (Lipinski definition) is 2. The molecule has 4 heteroatoms. The van der Waals surface area contributed by atoms with E-state index >= 15 is 0 Å². The van der Waals surface area contributed by atoms with E-state index in [4.69, 9.17) is 17.3 Å². The molecule has 0 spiro atoms. The molecule has 15 heavy (non-hydrogen) atoms. The molecule has 0 aliphatic heterocycles. The summed E-state index contributed by atoms with van der Waals surface area (Å²) in [7, 11) is 0. The molecule has 1 aromatic rings. The predicted octanol–water partition coefficient (Wildman–Crippen LogP) is 1.65. The molecular weight excluding hydrogens is 212 g/mol. The Morgan fingerprint density at radius 3 is 2.40 bits per heavy atom. The van der Waals surface area contributed by atoms with Gasteiger partial charge in [-0.25, -0.2) is 0 Å². The minimum Gasteiger partial charge on any atom is -0.368 e. The van der Waals surface area contributed by atoms with E-state index in [1.165, 1.54) is 0 Å². The van der Waals surface area contributed by atoms with Crippen molar-refractivity contribution in [2.24, 2.45) is 5.73 Å². The van der Waals surface area contributed by atoms with Crippen LogP contribution in [0.25, 0.3) is 0 Å². The maximum atomic E-state index is 11.4. The van der Waals surface area contributed by atoms with Crippen LogP contribution in [-0.4, -0.2) is 12.5 Å². The third kappa shape index (κ3) is 2.49. The average Bonchev–Trinajstić information content (AvgIpc) is 2.18. The van der Waals surface area contributed by atoms with Crippen LogP contribution in [0.2, 0.25) is 5.02 Å². The number of likely N-dealkylation sites (N-methyl/N-ethyl adjacent to an activating group) is 1. The highest BCUT2D eigenvalue weighted by Gasteiger charge is 2.31. The lowest BCUT2D eigenvalue weighted by atomic mass is 9.91. The topological polar surface area (TPSA) is 55.1 Å². The van der Waals surface area contributed by atoms with Gasteiger partial charge in [-0.15, -0.1) is 0 Å². The highest BCUT2D eigenvalue weighted by Crippen LogP contribution is 2.22. The molecule has 1 unspecified atom stereocenters. The summed E-state index contributed by atoms with van der Waals surface area (Å²) >= 11 is 5.78. The van der Waals surface area contributed by atoms with Crippen LogP contribution in [0.5, 0.6) is 0 Å². The summed E-state index contributed by atoms with van der Waals surface area (Å²) in [4.78, 5) is 11.4. The first kappa shape index (κ1) is 12.0. The summed E-state index contributed by atoms with van der Waals surface area (Å²) in [5.41, 5.74) is 5.38. The van der Waals surface area contributed by atoms with Crippen molar-refractivity contribution >= 4 is 17.5 Å². The van der Waals surface area contributed by atoms with E-state index in [9.17, 15) is 4.79 Å². The lowest BCUT2D eigenvalue weighted by Crippen LogP contribution is -2.50. The molecular formula is C11H15ClN2O. The van der Waals surface area contributed by atoms with Crippen LogP contribution in [-0.2, 0) is 10.3 Å². The molecule has 1 aromatic carbocycles. The fourth-order valence-corrected chi connectivity index (χ4v) is 1.59. The summed E-state index contributed by atoms with van der Waals surface area (Å²) in [6, 6.07) is 7.09. The molecule has 0 bridgehead atoms. The number of halogens is 1. The first-order chi connectivity index (χ1) is 7.00. The third-order valence-electron chi connectivity index (χ3n) is 2.44. The van der Waals surface area contributed by atoms with E-state index in [1.807, 2.05) is 6.92 Å². The van der Waals surface area contributed by atoms with E-state index in [0.29, 0.717) is 11.6 Å². The first-order valence-corrected chi connectivity index (χ1v) is 5.19. The maximum absolute atomic E-state index is 11.4. The van der Waals surface area contributed by atoms with Gasteiger partial charge in [0, 0.05) is 5.02 Å². The second-order valence-corrected chi connectivity index (χ2v) is 3.96. The quantitative estimate of drug-likeness (QED) is 0.820. The minimum absolute atomic E-state index is 0.397. The van der Waals surface area contributed by atoms with Gasteiger partial charge in [0.15, 0.2) is 0 Å². The molecule has 0 aliphatic rings. The van der Waals surface area contributed by atoms with Crippen molar-refractivity contribution in [1.82, 2.24) is 5.32 Å². The Bertz CT molecular complexity index is 350. The summed E-state index contributed by atoms with van der Waals surface area (Å²) in [5, 5.41) is 3.72. The SMILES string of the molecule is CCNC(C)(C(N)=O)c1ccc(Cl)cc1. The fraction of sp³-hybridized carbons (Fsp3) is 0.364. The zero-order valence-corrected chi connectivity index (χ0v) is 9.64. The van der Waals surface area contributed by atoms with Crippen molar-refractivity contribution in [3.05, 3.63) is 34.9 Å². The van der Waals surface area contributed by atoms with Crippen LogP contribution in [0.15, 0.2) is 24.3 Å². The number of hydrogen-bond donors (Lipinski definition) is 2. The van der Waals surface area contributed by atoms with Crippen molar-refractivity contribution in [3.8, 4) is 0 Å². The van der Waals surface area contributed by atoms with Gasteiger partial charge in [-0.05, 0) is 31.2 Å². The van der Waals surface area contributed by atoms with Gasteiger partial charge in [0.2, 0.25) is 5.91 Å². The zero-order chi connectivity index (χ0) is 11.5. The highest BCUT2D eigenvalue weighted by molar-refractivity contribution is 6.30. The Kier molecular flexibility index (Phi) is 3.72. The van der Waals surface area contributed by atoms with Crippen molar-refractivity contribution in [1.29, 1.82) is 0 Å². The van der Waals surface area contributed by atoms with Gasteiger partial charge in [-0.3, -0.25) is 4.79 Å². The fourth-order valence-electron chi connectivity index (χ4n) is 1.47. The molecule has 0 heterocycles. The summed E-state index contributed by atoms with van der Waals surface area (Å²) in [5.74, 6) is -0.397. The van der Waals surface area contributed by atoms with E-state index < -0.39 is 11.4 Å². The molecule has 0 radical (unpaired) electrons. The highest BCUT2D eigenvalue weighted by atomic mass is 35.5. The molecule has 3 nitrogen and oxygen atoms in total. The second kappa shape index (κ2) is 4.64. The van der Waals surface area contributed by atoms with Crippen molar-refractivity contribution in [2.45, 2.75) is 19.4 Å². The van der Waals surface area contributed by atoms with Crippen LogP contribution in [0.4, 0.5) is 0 Å². The zero-order valence-electron chi connectivity index (χ0n) is 8.88. The number of carbonyl (C=O) groups excluding carboxylic acids is 1. The second-order valence-electron chi connectivity index (χ2n) is 3.53. The van der Waals surface area contributed by atoms with Crippen LogP contribution in [0, 0.1) is 0 Å². The van der Waals surface area contributed by atoms with Gasteiger partial charge in [-0.1, -0.05) is 30.7 Å². The van der Waals surface area contributed by atoms with E-state index in [0.717, 1.165) is 5.56 Å². The Hall–Kier alpha value is -1.06. The number of primary amides is 1. The molecule has 3 N–H and O–H groups in total. The Balaban J connectivity index is 3.09. The van der Waals surface area contributed by atoms with Gasteiger partial charge in [0.1, 0.15) is 5.54 Å². The molecule has 0 saturated carbocycles. The average molecular weight is 227 g/mol. The number of amides is 1. The number of rotatable bonds is 4. The molecule has 0 aromatic heterocycles. The van der Waals surface area contributed by atoms with Crippen LogP contribution in [0.3, 0.4) is 0 Å². The molecule has 1 atom stereocenters.